The number of aryl methyl sites for hydroxylation is 1. The predicted octanol–water partition coefficient (Wildman–Crippen LogP) is 4.26. The molecule has 0 saturated carbocycles. The number of carbonyl (C=O) groups excluding carboxylic acids is 1. The number of hydrogen-bond donors (Lipinski definition) is 1. The van der Waals surface area contributed by atoms with E-state index in [-0.39, 0.29) is 5.91 Å². The maximum atomic E-state index is 12.2. The molecule has 6 heteroatoms. The highest BCUT2D eigenvalue weighted by Crippen LogP contribution is 2.21. The lowest BCUT2D eigenvalue weighted by Crippen LogP contribution is -2.12. The summed E-state index contributed by atoms with van der Waals surface area (Å²) in [5, 5.41) is 5.40. The fourth-order valence-corrected chi connectivity index (χ4v) is 2.88. The van der Waals surface area contributed by atoms with Crippen LogP contribution in [-0.4, -0.2) is 15.5 Å². The molecule has 0 radical (unpaired) electrons. The summed E-state index contributed by atoms with van der Waals surface area (Å²) in [7, 11) is 0. The first-order chi connectivity index (χ1) is 10.1. The third-order valence-corrected chi connectivity index (χ3v) is 4.71. The number of anilines is 1. The maximum Gasteiger partial charge on any atom is 0.275 e. The fraction of sp³-hybridized carbons (Fsp3) is 0.0667. The Kier molecular flexibility index (Phi) is 3.90. The van der Waals surface area contributed by atoms with Gasteiger partial charge in [0.25, 0.3) is 5.91 Å². The fourth-order valence-electron chi connectivity index (χ4n) is 1.87. The minimum atomic E-state index is -0.202. The Morgan fingerprint density at radius 1 is 1.33 bits per heavy atom. The molecule has 2 aromatic heterocycles. The lowest BCUT2D eigenvalue weighted by molar-refractivity contribution is 0.102. The number of thiazole rings is 1. The highest BCUT2D eigenvalue weighted by Gasteiger charge is 2.12. The van der Waals surface area contributed by atoms with Crippen molar-refractivity contribution in [3.05, 3.63) is 63.8 Å². The van der Waals surface area contributed by atoms with Crippen LogP contribution in [0.3, 0.4) is 0 Å². The standard InChI is InChI=1S/C15H12BrN3OS/c1-10-8-11(4-5-12(10)16)17-14(20)13-9-21-15(18-13)19-6-2-3-7-19/h2-9H,1H3,(H,17,20). The Balaban J connectivity index is 1.78. The van der Waals surface area contributed by atoms with Gasteiger partial charge in [0.2, 0.25) is 0 Å². The van der Waals surface area contributed by atoms with E-state index in [1.54, 1.807) is 5.38 Å². The molecule has 1 aromatic carbocycles. The molecular weight excluding hydrogens is 350 g/mol. The van der Waals surface area contributed by atoms with Gasteiger partial charge in [-0.2, -0.15) is 0 Å². The molecule has 0 atom stereocenters. The number of rotatable bonds is 3. The van der Waals surface area contributed by atoms with Gasteiger partial charge in [-0.1, -0.05) is 15.9 Å². The zero-order valence-electron chi connectivity index (χ0n) is 11.2. The van der Waals surface area contributed by atoms with Crippen molar-refractivity contribution in [1.29, 1.82) is 0 Å². The van der Waals surface area contributed by atoms with E-state index < -0.39 is 0 Å². The van der Waals surface area contributed by atoms with E-state index in [0.717, 1.165) is 20.9 Å². The number of benzene rings is 1. The number of halogens is 1. The second-order valence-corrected chi connectivity index (χ2v) is 6.21. The van der Waals surface area contributed by atoms with Gasteiger partial charge in [-0.05, 0) is 42.8 Å². The van der Waals surface area contributed by atoms with Gasteiger partial charge in [-0.3, -0.25) is 4.79 Å². The van der Waals surface area contributed by atoms with Crippen molar-refractivity contribution in [3.63, 3.8) is 0 Å². The minimum Gasteiger partial charge on any atom is -0.321 e. The van der Waals surface area contributed by atoms with Gasteiger partial charge in [-0.25, -0.2) is 4.98 Å². The third kappa shape index (κ3) is 3.06. The first kappa shape index (κ1) is 14.0. The molecule has 2 heterocycles. The summed E-state index contributed by atoms with van der Waals surface area (Å²) < 4.78 is 2.90. The Bertz CT molecular complexity index is 780. The second kappa shape index (κ2) is 5.83. The number of nitrogens with one attached hydrogen (secondary N) is 1. The van der Waals surface area contributed by atoms with Crippen molar-refractivity contribution >= 4 is 38.9 Å². The molecule has 0 aliphatic carbocycles. The molecule has 1 amide bonds. The van der Waals surface area contributed by atoms with Gasteiger partial charge in [0.15, 0.2) is 5.13 Å². The van der Waals surface area contributed by atoms with Gasteiger partial charge >= 0.3 is 0 Å². The normalized spacial score (nSPS) is 10.6. The quantitative estimate of drug-likeness (QED) is 0.757. The average Bonchev–Trinajstić information content (AvgIpc) is 3.12. The van der Waals surface area contributed by atoms with Crippen molar-refractivity contribution in [2.45, 2.75) is 6.92 Å². The zero-order valence-corrected chi connectivity index (χ0v) is 13.6. The molecule has 0 bridgehead atoms. The van der Waals surface area contributed by atoms with Crippen LogP contribution in [0.2, 0.25) is 0 Å². The third-order valence-electron chi connectivity index (χ3n) is 2.97. The first-order valence-corrected chi connectivity index (χ1v) is 7.97. The highest BCUT2D eigenvalue weighted by molar-refractivity contribution is 9.10. The second-order valence-electron chi connectivity index (χ2n) is 4.52. The van der Waals surface area contributed by atoms with Crippen LogP contribution in [-0.2, 0) is 0 Å². The van der Waals surface area contributed by atoms with Crippen LogP contribution < -0.4 is 5.32 Å². The molecule has 106 valence electrons. The summed E-state index contributed by atoms with van der Waals surface area (Å²) in [6, 6.07) is 9.53. The Morgan fingerprint density at radius 3 is 2.81 bits per heavy atom. The topological polar surface area (TPSA) is 46.9 Å². The molecule has 1 N–H and O–H groups in total. The van der Waals surface area contributed by atoms with E-state index in [2.05, 4.69) is 26.2 Å². The van der Waals surface area contributed by atoms with Gasteiger partial charge in [0, 0.05) is 27.9 Å². The monoisotopic (exact) mass is 361 g/mol. The van der Waals surface area contributed by atoms with E-state index >= 15 is 0 Å². The molecule has 0 aliphatic heterocycles. The summed E-state index contributed by atoms with van der Waals surface area (Å²) in [5.74, 6) is -0.202. The van der Waals surface area contributed by atoms with Crippen LogP contribution in [0.1, 0.15) is 16.1 Å². The molecule has 4 nitrogen and oxygen atoms in total. The zero-order chi connectivity index (χ0) is 14.8. The van der Waals surface area contributed by atoms with Crippen molar-refractivity contribution < 1.29 is 4.79 Å². The number of hydrogen-bond acceptors (Lipinski definition) is 3. The van der Waals surface area contributed by atoms with Crippen LogP contribution in [0.15, 0.2) is 52.6 Å². The average molecular weight is 362 g/mol. The minimum absolute atomic E-state index is 0.202. The van der Waals surface area contributed by atoms with Crippen molar-refractivity contribution in [3.8, 4) is 5.13 Å². The molecule has 0 unspecified atom stereocenters. The largest absolute Gasteiger partial charge is 0.321 e. The van der Waals surface area contributed by atoms with Gasteiger partial charge in [-0.15, -0.1) is 11.3 Å². The summed E-state index contributed by atoms with van der Waals surface area (Å²) >= 11 is 4.88. The smallest absolute Gasteiger partial charge is 0.275 e. The Morgan fingerprint density at radius 2 is 2.10 bits per heavy atom. The first-order valence-electron chi connectivity index (χ1n) is 6.30. The van der Waals surface area contributed by atoms with Crippen LogP contribution >= 0.6 is 27.3 Å². The summed E-state index contributed by atoms with van der Waals surface area (Å²) in [6.07, 6.45) is 3.80. The van der Waals surface area contributed by atoms with Crippen molar-refractivity contribution in [1.82, 2.24) is 9.55 Å². The van der Waals surface area contributed by atoms with E-state index in [1.807, 2.05) is 54.2 Å². The lowest BCUT2D eigenvalue weighted by atomic mass is 10.2. The van der Waals surface area contributed by atoms with Crippen LogP contribution in [0.5, 0.6) is 0 Å². The Labute approximate surface area is 134 Å². The number of amides is 1. The van der Waals surface area contributed by atoms with Gasteiger partial charge in [0.1, 0.15) is 5.69 Å². The summed E-state index contributed by atoms with van der Waals surface area (Å²) in [4.78, 5) is 16.6. The van der Waals surface area contributed by atoms with E-state index in [4.69, 9.17) is 0 Å². The summed E-state index contributed by atoms with van der Waals surface area (Å²) in [5.41, 5.74) is 2.25. The van der Waals surface area contributed by atoms with Crippen molar-refractivity contribution in [2.24, 2.45) is 0 Å². The van der Waals surface area contributed by atoms with E-state index in [9.17, 15) is 4.79 Å². The van der Waals surface area contributed by atoms with E-state index in [1.165, 1.54) is 11.3 Å². The Hall–Kier alpha value is -1.92. The van der Waals surface area contributed by atoms with Crippen LogP contribution in [0.4, 0.5) is 5.69 Å². The molecule has 0 fully saturated rings. The maximum absolute atomic E-state index is 12.2. The van der Waals surface area contributed by atoms with Gasteiger partial charge in [0.05, 0.1) is 0 Å². The summed E-state index contributed by atoms with van der Waals surface area (Å²) in [6.45, 7) is 1.98. The molecule has 3 rings (SSSR count). The van der Waals surface area contributed by atoms with Gasteiger partial charge < -0.3 is 9.88 Å². The molecule has 0 saturated heterocycles. The molecule has 0 aliphatic rings. The van der Waals surface area contributed by atoms with E-state index in [0.29, 0.717) is 5.69 Å². The predicted molar refractivity (Wildman–Crippen MR) is 88.3 cm³/mol. The number of nitrogens with zero attached hydrogens (tertiary/aromatic N) is 2. The molecular formula is C15H12BrN3OS. The lowest BCUT2D eigenvalue weighted by Gasteiger charge is -2.05. The van der Waals surface area contributed by atoms with Crippen LogP contribution in [0.25, 0.3) is 5.13 Å². The SMILES string of the molecule is Cc1cc(NC(=O)c2csc(-n3cccc3)n2)ccc1Br. The van der Waals surface area contributed by atoms with Crippen molar-refractivity contribution in [2.75, 3.05) is 5.32 Å². The number of aromatic nitrogens is 2. The molecule has 0 spiro atoms. The molecule has 3 aromatic rings. The highest BCUT2D eigenvalue weighted by atomic mass is 79.9. The van der Waals surface area contributed by atoms with Crippen LogP contribution in [0, 0.1) is 6.92 Å². The number of carbonyl (C=O) groups is 1. The molecule has 21 heavy (non-hydrogen) atoms.